The minimum absolute atomic E-state index is 0.0307. The van der Waals surface area contributed by atoms with Gasteiger partial charge in [0.15, 0.2) is 0 Å². The first-order valence-corrected chi connectivity index (χ1v) is 10.4. The fourth-order valence-corrected chi connectivity index (χ4v) is 3.94. The molecule has 2 saturated heterocycles. The zero-order valence-electron chi connectivity index (χ0n) is 17.3. The zero-order chi connectivity index (χ0) is 20.9. The first-order chi connectivity index (χ1) is 14.6. The fraction of sp³-hybridized carbons (Fsp3) is 0.333. The van der Waals surface area contributed by atoms with Crippen LogP contribution in [-0.4, -0.2) is 56.5 Å². The first-order valence-electron chi connectivity index (χ1n) is 10.4. The zero-order valence-corrected chi connectivity index (χ0v) is 17.3. The second kappa shape index (κ2) is 9.03. The maximum Gasteiger partial charge on any atom is 0.246 e. The van der Waals surface area contributed by atoms with Crippen molar-refractivity contribution in [2.24, 2.45) is 0 Å². The molecule has 0 spiro atoms. The number of hydrogen-bond acceptors (Lipinski definition) is 4. The molecule has 0 unspecified atom stereocenters. The Bertz CT molecular complexity index is 914. The molecule has 0 bridgehead atoms. The van der Waals surface area contributed by atoms with Gasteiger partial charge in [0, 0.05) is 56.6 Å². The van der Waals surface area contributed by atoms with Crippen molar-refractivity contribution in [3.63, 3.8) is 0 Å². The third-order valence-corrected chi connectivity index (χ3v) is 5.73. The Labute approximate surface area is 177 Å². The van der Waals surface area contributed by atoms with E-state index in [-0.39, 0.29) is 11.8 Å². The van der Waals surface area contributed by atoms with E-state index < -0.39 is 0 Å². The predicted octanol–water partition coefficient (Wildman–Crippen LogP) is 3.18. The minimum atomic E-state index is 0.0307. The van der Waals surface area contributed by atoms with Crippen LogP contribution in [0.15, 0.2) is 54.6 Å². The third-order valence-electron chi connectivity index (χ3n) is 5.73. The molecule has 2 aliphatic rings. The summed E-state index contributed by atoms with van der Waals surface area (Å²) in [6.07, 6.45) is 5.02. The van der Waals surface area contributed by atoms with Crippen molar-refractivity contribution in [3.8, 4) is 5.75 Å². The lowest BCUT2D eigenvalue weighted by Gasteiger charge is -2.35. The average Bonchev–Trinajstić information content (AvgIpc) is 3.24. The number of anilines is 2. The van der Waals surface area contributed by atoms with Crippen LogP contribution in [-0.2, 0) is 9.59 Å². The van der Waals surface area contributed by atoms with Crippen LogP contribution in [0.5, 0.6) is 5.75 Å². The Balaban J connectivity index is 1.30. The smallest absolute Gasteiger partial charge is 0.246 e. The molecule has 0 radical (unpaired) electrons. The van der Waals surface area contributed by atoms with E-state index in [1.165, 1.54) is 0 Å². The van der Waals surface area contributed by atoms with Gasteiger partial charge in [-0.05, 0) is 54.5 Å². The number of carbonyl (C=O) groups is 2. The molecule has 30 heavy (non-hydrogen) atoms. The number of ether oxygens (including phenoxy) is 1. The molecule has 0 atom stereocenters. The molecule has 2 aromatic carbocycles. The fourth-order valence-electron chi connectivity index (χ4n) is 3.94. The summed E-state index contributed by atoms with van der Waals surface area (Å²) in [6.45, 7) is 3.81. The molecular weight excluding hydrogens is 378 g/mol. The number of carbonyl (C=O) groups excluding carboxylic acids is 2. The molecule has 156 valence electrons. The van der Waals surface area contributed by atoms with Crippen LogP contribution in [0.2, 0.25) is 0 Å². The summed E-state index contributed by atoms with van der Waals surface area (Å²) in [5.74, 6) is 1.06. The standard InChI is InChI=1S/C24H27N3O3/c1-30-22-11-9-20(10-12-22)25-15-17-26(18-16-25)23(28)13-6-19-4-7-21(8-5-19)27-14-2-3-24(27)29/h4-13H,2-3,14-18H2,1H3/b13-6+. The van der Waals surface area contributed by atoms with Crippen LogP contribution in [0.4, 0.5) is 11.4 Å². The van der Waals surface area contributed by atoms with Gasteiger partial charge < -0.3 is 19.4 Å². The number of nitrogens with zero attached hydrogens (tertiary/aromatic N) is 3. The number of hydrogen-bond donors (Lipinski definition) is 0. The second-order valence-corrected chi connectivity index (χ2v) is 7.58. The molecule has 6 heteroatoms. The van der Waals surface area contributed by atoms with E-state index >= 15 is 0 Å². The van der Waals surface area contributed by atoms with Crippen molar-refractivity contribution in [2.45, 2.75) is 12.8 Å². The molecule has 2 fully saturated rings. The van der Waals surface area contributed by atoms with E-state index in [0.717, 1.165) is 48.7 Å². The molecule has 0 N–H and O–H groups in total. The topological polar surface area (TPSA) is 53.1 Å². The Morgan fingerprint density at radius 3 is 2.17 bits per heavy atom. The quantitative estimate of drug-likeness (QED) is 0.717. The number of methoxy groups -OCH3 is 1. The summed E-state index contributed by atoms with van der Waals surface area (Å²) in [5.41, 5.74) is 3.03. The normalized spacial score (nSPS) is 17.1. The molecule has 2 amide bonds. The van der Waals surface area contributed by atoms with E-state index in [4.69, 9.17) is 4.74 Å². The van der Waals surface area contributed by atoms with Gasteiger partial charge in [0.25, 0.3) is 0 Å². The number of benzene rings is 2. The van der Waals surface area contributed by atoms with Crippen molar-refractivity contribution in [1.29, 1.82) is 0 Å². The van der Waals surface area contributed by atoms with E-state index in [1.54, 1.807) is 13.2 Å². The van der Waals surface area contributed by atoms with Crippen LogP contribution < -0.4 is 14.5 Å². The Morgan fingerprint density at radius 2 is 1.57 bits per heavy atom. The highest BCUT2D eigenvalue weighted by Crippen LogP contribution is 2.22. The van der Waals surface area contributed by atoms with Gasteiger partial charge in [0.1, 0.15) is 5.75 Å². The average molecular weight is 405 g/mol. The highest BCUT2D eigenvalue weighted by molar-refractivity contribution is 5.95. The molecule has 2 aliphatic heterocycles. The van der Waals surface area contributed by atoms with Crippen LogP contribution >= 0.6 is 0 Å². The monoisotopic (exact) mass is 405 g/mol. The van der Waals surface area contributed by atoms with Crippen molar-refractivity contribution < 1.29 is 14.3 Å². The molecule has 6 nitrogen and oxygen atoms in total. The van der Waals surface area contributed by atoms with Gasteiger partial charge in [-0.2, -0.15) is 0 Å². The predicted molar refractivity (Wildman–Crippen MR) is 119 cm³/mol. The lowest BCUT2D eigenvalue weighted by Crippen LogP contribution is -2.48. The Kier molecular flexibility index (Phi) is 6.02. The molecule has 2 heterocycles. The van der Waals surface area contributed by atoms with Crippen LogP contribution in [0.1, 0.15) is 18.4 Å². The second-order valence-electron chi connectivity index (χ2n) is 7.58. The maximum absolute atomic E-state index is 12.6. The van der Waals surface area contributed by atoms with E-state index in [0.29, 0.717) is 19.5 Å². The third kappa shape index (κ3) is 4.48. The van der Waals surface area contributed by atoms with Crippen molar-refractivity contribution in [1.82, 2.24) is 4.90 Å². The molecule has 2 aromatic rings. The van der Waals surface area contributed by atoms with E-state index in [2.05, 4.69) is 17.0 Å². The summed E-state index contributed by atoms with van der Waals surface area (Å²) in [7, 11) is 1.66. The van der Waals surface area contributed by atoms with Crippen LogP contribution in [0.3, 0.4) is 0 Å². The van der Waals surface area contributed by atoms with Gasteiger partial charge in [-0.25, -0.2) is 0 Å². The van der Waals surface area contributed by atoms with Gasteiger partial charge in [-0.3, -0.25) is 9.59 Å². The van der Waals surface area contributed by atoms with Gasteiger partial charge >= 0.3 is 0 Å². The summed E-state index contributed by atoms with van der Waals surface area (Å²) in [4.78, 5) is 30.4. The van der Waals surface area contributed by atoms with Gasteiger partial charge in [0.2, 0.25) is 11.8 Å². The molecule has 0 saturated carbocycles. The highest BCUT2D eigenvalue weighted by Gasteiger charge is 2.22. The van der Waals surface area contributed by atoms with Gasteiger partial charge in [-0.15, -0.1) is 0 Å². The Morgan fingerprint density at radius 1 is 0.900 bits per heavy atom. The molecule has 0 aliphatic carbocycles. The minimum Gasteiger partial charge on any atom is -0.497 e. The Hall–Kier alpha value is -3.28. The summed E-state index contributed by atoms with van der Waals surface area (Å²) in [6, 6.07) is 15.8. The number of piperazine rings is 1. The summed E-state index contributed by atoms with van der Waals surface area (Å²) >= 11 is 0. The summed E-state index contributed by atoms with van der Waals surface area (Å²) < 4.78 is 5.21. The number of rotatable bonds is 5. The van der Waals surface area contributed by atoms with E-state index in [9.17, 15) is 9.59 Å². The SMILES string of the molecule is COc1ccc(N2CCN(C(=O)/C=C/c3ccc(N4CCCC4=O)cc3)CC2)cc1. The maximum atomic E-state index is 12.6. The molecule has 4 rings (SSSR count). The highest BCUT2D eigenvalue weighted by atomic mass is 16.5. The van der Waals surface area contributed by atoms with Crippen molar-refractivity contribution >= 4 is 29.3 Å². The largest absolute Gasteiger partial charge is 0.497 e. The molecule has 0 aromatic heterocycles. The lowest BCUT2D eigenvalue weighted by molar-refractivity contribution is -0.126. The lowest BCUT2D eigenvalue weighted by atomic mass is 10.1. The van der Waals surface area contributed by atoms with Crippen LogP contribution in [0, 0.1) is 0 Å². The molecular formula is C24H27N3O3. The van der Waals surface area contributed by atoms with Crippen molar-refractivity contribution in [2.75, 3.05) is 49.6 Å². The summed E-state index contributed by atoms with van der Waals surface area (Å²) in [5, 5.41) is 0. The first kappa shape index (κ1) is 20.0. The van der Waals surface area contributed by atoms with E-state index in [1.807, 2.05) is 52.3 Å². The number of amides is 2. The van der Waals surface area contributed by atoms with Gasteiger partial charge in [0.05, 0.1) is 7.11 Å². The van der Waals surface area contributed by atoms with Crippen LogP contribution in [0.25, 0.3) is 6.08 Å². The van der Waals surface area contributed by atoms with Crippen molar-refractivity contribution in [3.05, 3.63) is 60.2 Å². The van der Waals surface area contributed by atoms with Gasteiger partial charge in [-0.1, -0.05) is 12.1 Å².